The van der Waals surface area contributed by atoms with Crippen LogP contribution in [0.5, 0.6) is 0 Å². The highest BCUT2D eigenvalue weighted by Gasteiger charge is 2.42. The molecular weight excluding hydrogens is 477 g/mol. The molecule has 0 aliphatic heterocycles. The van der Waals surface area contributed by atoms with E-state index in [-0.39, 0.29) is 35.3 Å². The molecule has 2 N–H and O–H groups in total. The van der Waals surface area contributed by atoms with Crippen LogP contribution in [0.4, 0.5) is 5.69 Å². The van der Waals surface area contributed by atoms with E-state index in [1.807, 2.05) is 20.2 Å². The number of nitrogens with one attached hydrogen (secondary N) is 2. The van der Waals surface area contributed by atoms with E-state index in [4.69, 9.17) is 0 Å². The Bertz CT molecular complexity index is 629. The molecule has 7 heteroatoms. The van der Waals surface area contributed by atoms with Gasteiger partial charge in [0.1, 0.15) is 0 Å². The molecule has 1 amide bonds. The van der Waals surface area contributed by atoms with Crippen LogP contribution >= 0.6 is 24.0 Å². The average molecular weight is 515 g/mol. The molecule has 0 bridgehead atoms. The largest absolute Gasteiger partial charge is 0.375 e. The molecule has 29 heavy (non-hydrogen) atoms. The van der Waals surface area contributed by atoms with Crippen molar-refractivity contribution in [2.45, 2.75) is 38.5 Å². The lowest BCUT2D eigenvalue weighted by molar-refractivity contribution is -0.138. The fourth-order valence-corrected chi connectivity index (χ4v) is 3.96. The third-order valence-electron chi connectivity index (χ3n) is 5.65. The van der Waals surface area contributed by atoms with Crippen LogP contribution in [0.3, 0.4) is 0 Å². The molecule has 1 aromatic rings. The van der Waals surface area contributed by atoms with Crippen LogP contribution in [-0.4, -0.2) is 64.6 Å². The van der Waals surface area contributed by atoms with Crippen molar-refractivity contribution in [1.82, 2.24) is 15.5 Å². The Labute approximate surface area is 193 Å². The molecule has 1 saturated carbocycles. The predicted molar refractivity (Wildman–Crippen MR) is 133 cm³/mol. The Morgan fingerprint density at radius 2 is 1.72 bits per heavy atom. The van der Waals surface area contributed by atoms with Crippen molar-refractivity contribution >= 4 is 41.5 Å². The van der Waals surface area contributed by atoms with Gasteiger partial charge in [0, 0.05) is 53.5 Å². The number of guanidine groups is 1. The van der Waals surface area contributed by atoms with E-state index in [0.717, 1.165) is 57.6 Å². The molecule has 0 atom stereocenters. The summed E-state index contributed by atoms with van der Waals surface area (Å²) >= 11 is 0. The third kappa shape index (κ3) is 7.68. The van der Waals surface area contributed by atoms with Crippen LogP contribution in [0.2, 0.25) is 0 Å². The Balaban J connectivity index is 0.00000420. The minimum atomic E-state index is -0.278. The summed E-state index contributed by atoms with van der Waals surface area (Å²) in [5, 5.41) is 6.78. The molecule has 0 radical (unpaired) electrons. The minimum Gasteiger partial charge on any atom is -0.375 e. The number of carbonyl (C=O) groups excluding carboxylic acids is 1. The average Bonchev–Trinajstić information content (AvgIpc) is 3.19. The van der Waals surface area contributed by atoms with E-state index in [1.54, 1.807) is 11.9 Å². The van der Waals surface area contributed by atoms with Gasteiger partial charge in [-0.1, -0.05) is 31.0 Å². The zero-order chi connectivity index (χ0) is 20.4. The Hall–Kier alpha value is -1.51. The zero-order valence-corrected chi connectivity index (χ0v) is 20.7. The topological polar surface area (TPSA) is 60.0 Å². The van der Waals surface area contributed by atoms with Crippen LogP contribution in [-0.2, 0) is 4.79 Å². The number of aliphatic imine (C=N–C) groups is 1. The lowest BCUT2D eigenvalue weighted by Gasteiger charge is -2.31. The molecule has 0 heterocycles. The van der Waals surface area contributed by atoms with Crippen LogP contribution in [0, 0.1) is 5.41 Å². The Morgan fingerprint density at radius 3 is 2.31 bits per heavy atom. The molecule has 6 nitrogen and oxygen atoms in total. The summed E-state index contributed by atoms with van der Waals surface area (Å²) in [5.41, 5.74) is 0.972. The first kappa shape index (κ1) is 25.5. The number of hydrogen-bond donors (Lipinski definition) is 2. The molecule has 1 fully saturated rings. The van der Waals surface area contributed by atoms with Crippen molar-refractivity contribution in [2.24, 2.45) is 10.4 Å². The number of amides is 1. The maximum absolute atomic E-state index is 12.7. The zero-order valence-electron chi connectivity index (χ0n) is 18.4. The van der Waals surface area contributed by atoms with Gasteiger partial charge < -0.3 is 20.4 Å². The lowest BCUT2D eigenvalue weighted by atomic mass is 9.84. The van der Waals surface area contributed by atoms with E-state index < -0.39 is 0 Å². The van der Waals surface area contributed by atoms with Gasteiger partial charge in [-0.05, 0) is 37.8 Å². The van der Waals surface area contributed by atoms with Crippen LogP contribution in [0.25, 0.3) is 0 Å². The molecule has 0 aromatic heterocycles. The normalized spacial score (nSPS) is 15.4. The summed E-state index contributed by atoms with van der Waals surface area (Å²) < 4.78 is 0. The highest BCUT2D eigenvalue weighted by Crippen LogP contribution is 2.38. The Morgan fingerprint density at radius 1 is 1.07 bits per heavy atom. The van der Waals surface area contributed by atoms with Crippen molar-refractivity contribution < 1.29 is 4.79 Å². The maximum atomic E-state index is 12.7. The van der Waals surface area contributed by atoms with Crippen molar-refractivity contribution in [3.05, 3.63) is 30.3 Å². The fourth-order valence-electron chi connectivity index (χ4n) is 3.96. The van der Waals surface area contributed by atoms with Crippen LogP contribution in [0.15, 0.2) is 35.3 Å². The number of nitrogens with zero attached hydrogens (tertiary/aromatic N) is 3. The number of carbonyl (C=O) groups is 1. The van der Waals surface area contributed by atoms with Crippen molar-refractivity contribution in [1.29, 1.82) is 0 Å². The van der Waals surface area contributed by atoms with Gasteiger partial charge >= 0.3 is 0 Å². The number of hydrogen-bond acceptors (Lipinski definition) is 3. The van der Waals surface area contributed by atoms with Crippen molar-refractivity contribution in [3.63, 3.8) is 0 Å². The highest BCUT2D eigenvalue weighted by atomic mass is 127. The van der Waals surface area contributed by atoms with Gasteiger partial charge in [0.25, 0.3) is 0 Å². The van der Waals surface area contributed by atoms with Gasteiger partial charge in [0.15, 0.2) is 5.96 Å². The minimum absolute atomic E-state index is 0. The van der Waals surface area contributed by atoms with Gasteiger partial charge in [-0.15, -0.1) is 24.0 Å². The SMILES string of the molecule is CN=C(NCCCCN(C)c1ccccc1)NCC1(C(=O)N(C)C)CCCC1.I. The van der Waals surface area contributed by atoms with Gasteiger partial charge in [-0.3, -0.25) is 9.79 Å². The lowest BCUT2D eigenvalue weighted by Crippen LogP contribution is -2.49. The van der Waals surface area contributed by atoms with Gasteiger partial charge in [-0.2, -0.15) is 0 Å². The Kier molecular flexibility index (Phi) is 11.4. The summed E-state index contributed by atoms with van der Waals surface area (Å²) in [4.78, 5) is 21.0. The first-order valence-electron chi connectivity index (χ1n) is 10.4. The molecule has 2 rings (SSSR count). The molecule has 0 unspecified atom stereocenters. The molecule has 1 aliphatic rings. The number of anilines is 1. The van der Waals surface area contributed by atoms with E-state index in [0.29, 0.717) is 6.54 Å². The van der Waals surface area contributed by atoms with Crippen LogP contribution in [0.1, 0.15) is 38.5 Å². The van der Waals surface area contributed by atoms with Crippen molar-refractivity contribution in [3.8, 4) is 0 Å². The predicted octanol–water partition coefficient (Wildman–Crippen LogP) is 3.33. The number of rotatable bonds is 9. The second-order valence-corrected chi connectivity index (χ2v) is 8.00. The molecule has 1 aromatic carbocycles. The second-order valence-electron chi connectivity index (χ2n) is 8.00. The van der Waals surface area contributed by atoms with E-state index in [1.165, 1.54) is 5.69 Å². The highest BCUT2D eigenvalue weighted by molar-refractivity contribution is 14.0. The summed E-state index contributed by atoms with van der Waals surface area (Å²) in [6, 6.07) is 10.5. The molecule has 0 saturated heterocycles. The molecule has 1 aliphatic carbocycles. The second kappa shape index (κ2) is 12.9. The summed E-state index contributed by atoms with van der Waals surface area (Å²) in [6.07, 6.45) is 6.35. The van der Waals surface area contributed by atoms with Gasteiger partial charge in [0.2, 0.25) is 5.91 Å². The number of halogens is 1. The number of para-hydroxylation sites is 1. The number of unbranched alkanes of at least 4 members (excludes halogenated alkanes) is 1. The number of benzene rings is 1. The molecule has 0 spiro atoms. The van der Waals surface area contributed by atoms with Crippen LogP contribution < -0.4 is 15.5 Å². The maximum Gasteiger partial charge on any atom is 0.230 e. The van der Waals surface area contributed by atoms with Gasteiger partial charge in [0.05, 0.1) is 5.41 Å². The third-order valence-corrected chi connectivity index (χ3v) is 5.65. The summed E-state index contributed by atoms with van der Waals surface area (Å²) in [7, 11) is 7.61. The summed E-state index contributed by atoms with van der Waals surface area (Å²) in [5.74, 6) is 1.02. The van der Waals surface area contributed by atoms with E-state index >= 15 is 0 Å². The standard InChI is InChI=1S/C22H37N5O.HI/c1-23-21(25-18-22(14-8-9-15-22)20(28)26(2)3)24-16-10-11-17-27(4)19-12-6-5-7-13-19;/h5-7,12-13H,8-11,14-18H2,1-4H3,(H2,23,24,25);1H. The van der Waals surface area contributed by atoms with Gasteiger partial charge in [-0.25, -0.2) is 0 Å². The summed E-state index contributed by atoms with van der Waals surface area (Å²) in [6.45, 7) is 2.55. The smallest absolute Gasteiger partial charge is 0.230 e. The van der Waals surface area contributed by atoms with Crippen molar-refractivity contribution in [2.75, 3.05) is 52.7 Å². The van der Waals surface area contributed by atoms with E-state index in [9.17, 15) is 4.79 Å². The monoisotopic (exact) mass is 515 g/mol. The first-order chi connectivity index (χ1) is 13.5. The molecular formula is C22H38IN5O. The quantitative estimate of drug-likeness (QED) is 0.229. The molecule has 164 valence electrons. The fraction of sp³-hybridized carbons (Fsp3) is 0.636. The van der Waals surface area contributed by atoms with E-state index in [2.05, 4.69) is 51.8 Å². The first-order valence-corrected chi connectivity index (χ1v) is 10.4.